The molecule has 3 rings (SSSR count). The topological polar surface area (TPSA) is 97.3 Å². The highest BCUT2D eigenvalue weighted by Gasteiger charge is 2.27. The van der Waals surface area contributed by atoms with E-state index in [0.717, 1.165) is 12.8 Å². The largest absolute Gasteiger partial charge is 0.493 e. The van der Waals surface area contributed by atoms with Crippen LogP contribution in [0, 0.1) is 5.92 Å². The standard InChI is InChI=1S/C23H29N3O5S/c1-17(2)16-31-21-10-9-18(13-22(21)30-3)15-24-25-23(27)19-7-6-8-20(14-19)32(28,29)26-11-4-5-12-26/h6-10,13-15,17H,4-5,11-12,16H2,1-3H3,(H,25,27)/b24-15+. The van der Waals surface area contributed by atoms with Gasteiger partial charge in [0.2, 0.25) is 10.0 Å². The van der Waals surface area contributed by atoms with Crippen molar-refractivity contribution in [3.63, 3.8) is 0 Å². The predicted molar refractivity (Wildman–Crippen MR) is 123 cm³/mol. The Hall–Kier alpha value is -2.91. The Bertz CT molecular complexity index is 1080. The second kappa shape index (κ2) is 10.6. The van der Waals surface area contributed by atoms with Gasteiger partial charge in [0, 0.05) is 18.7 Å². The molecule has 0 spiro atoms. The third kappa shape index (κ3) is 5.86. The van der Waals surface area contributed by atoms with Gasteiger partial charge in [-0.2, -0.15) is 9.41 Å². The second-order valence-corrected chi connectivity index (χ2v) is 9.89. The van der Waals surface area contributed by atoms with E-state index < -0.39 is 15.9 Å². The van der Waals surface area contributed by atoms with E-state index in [1.54, 1.807) is 37.4 Å². The van der Waals surface area contributed by atoms with Crippen molar-refractivity contribution in [1.29, 1.82) is 0 Å². The number of hydrogen-bond acceptors (Lipinski definition) is 6. The summed E-state index contributed by atoms with van der Waals surface area (Å²) in [5.74, 6) is 1.10. The van der Waals surface area contributed by atoms with Crippen LogP contribution in [0.4, 0.5) is 0 Å². The summed E-state index contributed by atoms with van der Waals surface area (Å²) in [5.41, 5.74) is 3.37. The molecule has 2 aromatic carbocycles. The Kier molecular flexibility index (Phi) is 7.87. The molecule has 0 aromatic heterocycles. The quantitative estimate of drug-likeness (QED) is 0.458. The van der Waals surface area contributed by atoms with E-state index in [9.17, 15) is 13.2 Å². The monoisotopic (exact) mass is 459 g/mol. The van der Waals surface area contributed by atoms with Crippen LogP contribution in [0.5, 0.6) is 11.5 Å². The van der Waals surface area contributed by atoms with Crippen LogP contribution in [-0.4, -0.2) is 51.7 Å². The first kappa shape index (κ1) is 23.7. The molecule has 1 saturated heterocycles. The molecule has 1 aliphatic rings. The molecule has 1 fully saturated rings. The number of amides is 1. The Morgan fingerprint density at radius 3 is 2.59 bits per heavy atom. The van der Waals surface area contributed by atoms with E-state index in [4.69, 9.17) is 9.47 Å². The zero-order valence-electron chi connectivity index (χ0n) is 18.6. The van der Waals surface area contributed by atoms with Gasteiger partial charge in [-0.3, -0.25) is 4.79 Å². The second-order valence-electron chi connectivity index (χ2n) is 7.95. The van der Waals surface area contributed by atoms with E-state index in [-0.39, 0.29) is 10.5 Å². The summed E-state index contributed by atoms with van der Waals surface area (Å²) in [6.45, 7) is 5.72. The molecule has 1 heterocycles. The number of carbonyl (C=O) groups excluding carboxylic acids is 1. The highest BCUT2D eigenvalue weighted by Crippen LogP contribution is 2.28. The van der Waals surface area contributed by atoms with Gasteiger partial charge in [-0.15, -0.1) is 0 Å². The van der Waals surface area contributed by atoms with Crippen molar-refractivity contribution in [2.75, 3.05) is 26.8 Å². The summed E-state index contributed by atoms with van der Waals surface area (Å²) in [4.78, 5) is 12.6. The Morgan fingerprint density at radius 2 is 1.91 bits per heavy atom. The van der Waals surface area contributed by atoms with E-state index in [2.05, 4.69) is 24.4 Å². The van der Waals surface area contributed by atoms with Crippen LogP contribution in [0.1, 0.15) is 42.6 Å². The summed E-state index contributed by atoms with van der Waals surface area (Å²) in [6, 6.07) is 11.3. The van der Waals surface area contributed by atoms with Crippen LogP contribution in [0.2, 0.25) is 0 Å². The highest BCUT2D eigenvalue weighted by molar-refractivity contribution is 7.89. The average Bonchev–Trinajstić information content (AvgIpc) is 3.34. The van der Waals surface area contributed by atoms with Gasteiger partial charge in [0.05, 0.1) is 24.8 Å². The number of sulfonamides is 1. The lowest BCUT2D eigenvalue weighted by atomic mass is 10.2. The third-order valence-electron chi connectivity index (χ3n) is 4.94. The first-order valence-electron chi connectivity index (χ1n) is 10.6. The molecule has 1 amide bonds. The molecule has 0 atom stereocenters. The smallest absolute Gasteiger partial charge is 0.271 e. The van der Waals surface area contributed by atoms with Crippen molar-refractivity contribution in [2.45, 2.75) is 31.6 Å². The zero-order chi connectivity index (χ0) is 23.1. The van der Waals surface area contributed by atoms with E-state index in [1.807, 2.05) is 0 Å². The number of nitrogens with zero attached hydrogens (tertiary/aromatic N) is 2. The first-order chi connectivity index (χ1) is 15.3. The van der Waals surface area contributed by atoms with Gasteiger partial charge in [-0.05, 0) is 60.7 Å². The molecule has 32 heavy (non-hydrogen) atoms. The van der Waals surface area contributed by atoms with Crippen LogP contribution in [0.25, 0.3) is 0 Å². The zero-order valence-corrected chi connectivity index (χ0v) is 19.4. The number of hydrazone groups is 1. The van der Waals surface area contributed by atoms with Crippen molar-refractivity contribution < 1.29 is 22.7 Å². The van der Waals surface area contributed by atoms with Gasteiger partial charge < -0.3 is 9.47 Å². The number of methoxy groups -OCH3 is 1. The molecule has 8 nitrogen and oxygen atoms in total. The Labute approximate surface area is 189 Å². The van der Waals surface area contributed by atoms with Gasteiger partial charge in [0.1, 0.15) is 0 Å². The molecule has 1 aliphatic heterocycles. The maximum Gasteiger partial charge on any atom is 0.271 e. The first-order valence-corrected chi connectivity index (χ1v) is 12.0. The van der Waals surface area contributed by atoms with Crippen LogP contribution >= 0.6 is 0 Å². The minimum atomic E-state index is -3.59. The summed E-state index contributed by atoms with van der Waals surface area (Å²) in [6.07, 6.45) is 3.19. The molecule has 9 heteroatoms. The SMILES string of the molecule is COc1cc(/C=N/NC(=O)c2cccc(S(=O)(=O)N3CCCC3)c2)ccc1OCC(C)C. The number of ether oxygens (including phenoxy) is 2. The van der Waals surface area contributed by atoms with Crippen molar-refractivity contribution in [2.24, 2.45) is 11.0 Å². The maximum atomic E-state index is 12.7. The van der Waals surface area contributed by atoms with Crippen LogP contribution in [0.3, 0.4) is 0 Å². The fraction of sp³-hybridized carbons (Fsp3) is 0.391. The van der Waals surface area contributed by atoms with Gasteiger partial charge >= 0.3 is 0 Å². The lowest BCUT2D eigenvalue weighted by molar-refractivity contribution is 0.0955. The lowest BCUT2D eigenvalue weighted by Gasteiger charge is -2.15. The van der Waals surface area contributed by atoms with Gasteiger partial charge in [-0.1, -0.05) is 19.9 Å². The van der Waals surface area contributed by atoms with Crippen molar-refractivity contribution in [1.82, 2.24) is 9.73 Å². The summed E-state index contributed by atoms with van der Waals surface area (Å²) in [7, 11) is -2.03. The fourth-order valence-corrected chi connectivity index (χ4v) is 4.81. The Balaban J connectivity index is 1.67. The van der Waals surface area contributed by atoms with Crippen molar-refractivity contribution >= 4 is 22.1 Å². The van der Waals surface area contributed by atoms with Crippen LogP contribution < -0.4 is 14.9 Å². The Morgan fingerprint density at radius 1 is 1.16 bits per heavy atom. The number of hydrogen-bond donors (Lipinski definition) is 1. The highest BCUT2D eigenvalue weighted by atomic mass is 32.2. The molecular formula is C23H29N3O5S. The summed E-state index contributed by atoms with van der Waals surface area (Å²) in [5, 5.41) is 3.99. The van der Waals surface area contributed by atoms with Gasteiger partial charge in [0.15, 0.2) is 11.5 Å². The van der Waals surface area contributed by atoms with Crippen molar-refractivity contribution in [3.05, 3.63) is 53.6 Å². The van der Waals surface area contributed by atoms with Crippen molar-refractivity contribution in [3.8, 4) is 11.5 Å². The molecule has 172 valence electrons. The number of benzene rings is 2. The van der Waals surface area contributed by atoms with E-state index in [1.165, 1.54) is 22.7 Å². The average molecular weight is 460 g/mol. The maximum absolute atomic E-state index is 12.7. The molecule has 2 aromatic rings. The molecule has 0 unspecified atom stereocenters. The van der Waals surface area contributed by atoms with Gasteiger partial charge in [-0.25, -0.2) is 13.8 Å². The lowest BCUT2D eigenvalue weighted by Crippen LogP contribution is -2.28. The molecule has 0 radical (unpaired) electrons. The fourth-order valence-electron chi connectivity index (χ4n) is 3.25. The number of rotatable bonds is 9. The number of nitrogens with one attached hydrogen (secondary N) is 1. The van der Waals surface area contributed by atoms with Crippen LogP contribution in [-0.2, 0) is 10.0 Å². The minimum Gasteiger partial charge on any atom is -0.493 e. The van der Waals surface area contributed by atoms with Crippen LogP contribution in [0.15, 0.2) is 52.5 Å². The van der Waals surface area contributed by atoms with E-state index in [0.29, 0.717) is 42.7 Å². The van der Waals surface area contributed by atoms with E-state index >= 15 is 0 Å². The molecule has 0 aliphatic carbocycles. The molecular weight excluding hydrogens is 430 g/mol. The molecule has 0 bridgehead atoms. The molecule has 1 N–H and O–H groups in total. The normalized spacial score (nSPS) is 14.8. The van der Waals surface area contributed by atoms with Gasteiger partial charge in [0.25, 0.3) is 5.91 Å². The number of carbonyl (C=O) groups is 1. The minimum absolute atomic E-state index is 0.109. The molecule has 0 saturated carbocycles. The third-order valence-corrected chi connectivity index (χ3v) is 6.83. The summed E-state index contributed by atoms with van der Waals surface area (Å²) >= 11 is 0. The predicted octanol–water partition coefficient (Wildman–Crippen LogP) is 3.28. The summed E-state index contributed by atoms with van der Waals surface area (Å²) < 4.78 is 38.0.